The molecule has 1 aliphatic rings. The van der Waals surface area contributed by atoms with Crippen LogP contribution >= 0.6 is 0 Å². The van der Waals surface area contributed by atoms with Crippen LogP contribution in [0.2, 0.25) is 0 Å². The smallest absolute Gasteiger partial charge is 0.224 e. The minimum atomic E-state index is -0.00199. The van der Waals surface area contributed by atoms with E-state index in [4.69, 9.17) is 10.5 Å². The molecular formula is C11H22N2O2. The van der Waals surface area contributed by atoms with E-state index in [0.717, 1.165) is 12.8 Å². The van der Waals surface area contributed by atoms with Crippen molar-refractivity contribution in [2.75, 3.05) is 19.8 Å². The second-order valence-electron chi connectivity index (χ2n) is 4.10. The van der Waals surface area contributed by atoms with Crippen molar-refractivity contribution >= 4 is 5.91 Å². The third kappa shape index (κ3) is 3.47. The Kier molecular flexibility index (Phi) is 5.05. The van der Waals surface area contributed by atoms with E-state index in [2.05, 4.69) is 6.92 Å². The molecule has 4 heteroatoms. The number of rotatable bonds is 4. The van der Waals surface area contributed by atoms with Crippen LogP contribution in [0.3, 0.4) is 0 Å². The van der Waals surface area contributed by atoms with Gasteiger partial charge in [-0.1, -0.05) is 13.8 Å². The Labute approximate surface area is 91.8 Å². The molecule has 0 bridgehead atoms. The van der Waals surface area contributed by atoms with Gasteiger partial charge in [0.05, 0.1) is 19.3 Å². The highest BCUT2D eigenvalue weighted by atomic mass is 16.5. The van der Waals surface area contributed by atoms with Gasteiger partial charge in [-0.3, -0.25) is 4.79 Å². The molecule has 0 saturated carbocycles. The monoisotopic (exact) mass is 214 g/mol. The summed E-state index contributed by atoms with van der Waals surface area (Å²) in [5.74, 6) is 0.180. The summed E-state index contributed by atoms with van der Waals surface area (Å²) in [6, 6.07) is 0.244. The van der Waals surface area contributed by atoms with E-state index in [-0.39, 0.29) is 18.0 Å². The van der Waals surface area contributed by atoms with Gasteiger partial charge in [-0.25, -0.2) is 0 Å². The topological polar surface area (TPSA) is 55.6 Å². The van der Waals surface area contributed by atoms with E-state index in [1.165, 1.54) is 0 Å². The molecule has 0 aromatic rings. The Bertz CT molecular complexity index is 209. The molecule has 4 nitrogen and oxygen atoms in total. The van der Waals surface area contributed by atoms with Crippen LogP contribution in [0, 0.1) is 0 Å². The summed E-state index contributed by atoms with van der Waals surface area (Å²) in [6.45, 7) is 6.13. The van der Waals surface area contributed by atoms with Crippen LogP contribution in [-0.4, -0.2) is 42.6 Å². The number of nitrogens with two attached hydrogens (primary N) is 1. The van der Waals surface area contributed by atoms with Crippen molar-refractivity contribution in [2.24, 2.45) is 5.73 Å². The quantitative estimate of drug-likeness (QED) is 0.751. The van der Waals surface area contributed by atoms with Gasteiger partial charge in [0.1, 0.15) is 0 Å². The minimum absolute atomic E-state index is 0.00199. The van der Waals surface area contributed by atoms with E-state index in [9.17, 15) is 4.79 Å². The number of amides is 1. The molecule has 0 spiro atoms. The number of nitrogens with zero attached hydrogens (tertiary/aromatic N) is 1. The number of hydrogen-bond donors (Lipinski definition) is 1. The zero-order valence-corrected chi connectivity index (χ0v) is 9.74. The Hall–Kier alpha value is -0.610. The van der Waals surface area contributed by atoms with E-state index in [1.54, 1.807) is 0 Å². The summed E-state index contributed by atoms with van der Waals surface area (Å²) in [6.07, 6.45) is 2.27. The SMILES string of the molecule is CCC(N)CC(=O)N1CCOCC1CC. The molecule has 1 rings (SSSR count). The van der Waals surface area contributed by atoms with Crippen molar-refractivity contribution in [3.8, 4) is 0 Å². The zero-order valence-electron chi connectivity index (χ0n) is 9.74. The van der Waals surface area contributed by atoms with Crippen molar-refractivity contribution < 1.29 is 9.53 Å². The first-order chi connectivity index (χ1) is 7.19. The Morgan fingerprint density at radius 2 is 2.33 bits per heavy atom. The van der Waals surface area contributed by atoms with Gasteiger partial charge < -0.3 is 15.4 Å². The third-order valence-corrected chi connectivity index (χ3v) is 2.98. The second-order valence-corrected chi connectivity index (χ2v) is 4.10. The van der Waals surface area contributed by atoms with Crippen LogP contribution in [0.4, 0.5) is 0 Å². The van der Waals surface area contributed by atoms with Gasteiger partial charge in [0, 0.05) is 19.0 Å². The van der Waals surface area contributed by atoms with Gasteiger partial charge >= 0.3 is 0 Å². The van der Waals surface area contributed by atoms with Crippen molar-refractivity contribution in [1.29, 1.82) is 0 Å². The van der Waals surface area contributed by atoms with Crippen LogP contribution in [-0.2, 0) is 9.53 Å². The van der Waals surface area contributed by atoms with Gasteiger partial charge in [-0.05, 0) is 12.8 Å². The van der Waals surface area contributed by atoms with Crippen molar-refractivity contribution in [2.45, 2.75) is 45.2 Å². The largest absolute Gasteiger partial charge is 0.377 e. The van der Waals surface area contributed by atoms with Crippen molar-refractivity contribution in [3.05, 3.63) is 0 Å². The lowest BCUT2D eigenvalue weighted by molar-refractivity contribution is -0.140. The molecule has 1 heterocycles. The minimum Gasteiger partial charge on any atom is -0.377 e. The summed E-state index contributed by atoms with van der Waals surface area (Å²) in [4.78, 5) is 13.9. The fourth-order valence-corrected chi connectivity index (χ4v) is 1.81. The van der Waals surface area contributed by atoms with Gasteiger partial charge in [0.25, 0.3) is 0 Å². The van der Waals surface area contributed by atoms with E-state index < -0.39 is 0 Å². The summed E-state index contributed by atoms with van der Waals surface area (Å²) < 4.78 is 5.36. The molecule has 0 aromatic carbocycles. The first kappa shape index (κ1) is 12.5. The molecule has 1 fully saturated rings. The molecule has 1 aliphatic heterocycles. The molecule has 0 radical (unpaired) electrons. The van der Waals surface area contributed by atoms with Gasteiger partial charge in [-0.2, -0.15) is 0 Å². The molecule has 0 aliphatic carbocycles. The number of carbonyl (C=O) groups excluding carboxylic acids is 1. The van der Waals surface area contributed by atoms with Gasteiger partial charge in [-0.15, -0.1) is 0 Å². The predicted octanol–water partition coefficient (Wildman–Crippen LogP) is 0.751. The number of hydrogen-bond acceptors (Lipinski definition) is 3. The Balaban J connectivity index is 2.48. The second kappa shape index (κ2) is 6.08. The molecule has 2 atom stereocenters. The lowest BCUT2D eigenvalue weighted by Gasteiger charge is -2.35. The maximum absolute atomic E-state index is 11.9. The number of ether oxygens (including phenoxy) is 1. The van der Waals surface area contributed by atoms with Gasteiger partial charge in [0.15, 0.2) is 0 Å². The molecule has 1 saturated heterocycles. The molecule has 2 unspecified atom stereocenters. The first-order valence-electron chi connectivity index (χ1n) is 5.81. The van der Waals surface area contributed by atoms with Crippen LogP contribution in [0.25, 0.3) is 0 Å². The Morgan fingerprint density at radius 3 is 2.93 bits per heavy atom. The molecule has 88 valence electrons. The summed E-state index contributed by atoms with van der Waals surface area (Å²) >= 11 is 0. The lowest BCUT2D eigenvalue weighted by atomic mass is 10.1. The lowest BCUT2D eigenvalue weighted by Crippen LogP contribution is -2.49. The molecule has 15 heavy (non-hydrogen) atoms. The van der Waals surface area contributed by atoms with Crippen LogP contribution in [0.15, 0.2) is 0 Å². The summed E-state index contributed by atoms with van der Waals surface area (Å²) in [5.41, 5.74) is 5.79. The summed E-state index contributed by atoms with van der Waals surface area (Å²) in [5, 5.41) is 0. The maximum atomic E-state index is 11.9. The fraction of sp³-hybridized carbons (Fsp3) is 0.909. The third-order valence-electron chi connectivity index (χ3n) is 2.98. The maximum Gasteiger partial charge on any atom is 0.224 e. The average Bonchev–Trinajstić information content (AvgIpc) is 2.28. The zero-order chi connectivity index (χ0) is 11.3. The van der Waals surface area contributed by atoms with E-state index in [1.807, 2.05) is 11.8 Å². The van der Waals surface area contributed by atoms with Crippen LogP contribution < -0.4 is 5.73 Å². The highest BCUT2D eigenvalue weighted by molar-refractivity contribution is 5.77. The summed E-state index contributed by atoms with van der Waals surface area (Å²) in [7, 11) is 0. The molecule has 2 N–H and O–H groups in total. The predicted molar refractivity (Wildman–Crippen MR) is 59.5 cm³/mol. The van der Waals surface area contributed by atoms with Crippen molar-refractivity contribution in [3.63, 3.8) is 0 Å². The van der Waals surface area contributed by atoms with Gasteiger partial charge in [0.2, 0.25) is 5.91 Å². The van der Waals surface area contributed by atoms with Crippen LogP contribution in [0.1, 0.15) is 33.1 Å². The molecular weight excluding hydrogens is 192 g/mol. The van der Waals surface area contributed by atoms with E-state index in [0.29, 0.717) is 26.2 Å². The van der Waals surface area contributed by atoms with E-state index >= 15 is 0 Å². The molecule has 1 amide bonds. The first-order valence-corrected chi connectivity index (χ1v) is 5.81. The highest BCUT2D eigenvalue weighted by Crippen LogP contribution is 2.12. The van der Waals surface area contributed by atoms with Crippen LogP contribution in [0.5, 0.6) is 0 Å². The number of morpholine rings is 1. The molecule has 0 aromatic heterocycles. The average molecular weight is 214 g/mol. The standard InChI is InChI=1S/C11H22N2O2/c1-3-9(12)7-11(14)13-5-6-15-8-10(13)4-2/h9-10H,3-8,12H2,1-2H3. The number of carbonyl (C=O) groups is 1. The normalized spacial score (nSPS) is 23.9. The van der Waals surface area contributed by atoms with Crippen molar-refractivity contribution in [1.82, 2.24) is 4.90 Å². The Morgan fingerprint density at radius 1 is 1.60 bits per heavy atom. The fourth-order valence-electron chi connectivity index (χ4n) is 1.81. The highest BCUT2D eigenvalue weighted by Gasteiger charge is 2.26.